The Morgan fingerprint density at radius 3 is 2.53 bits per heavy atom. The number of methoxy groups -OCH3 is 1. The van der Waals surface area contributed by atoms with Gasteiger partial charge in [0.2, 0.25) is 0 Å². The summed E-state index contributed by atoms with van der Waals surface area (Å²) in [5.74, 6) is 0. The molecule has 0 spiro atoms. The second-order valence-corrected chi connectivity index (χ2v) is 3.63. The van der Waals surface area contributed by atoms with E-state index in [1.165, 1.54) is 0 Å². The van der Waals surface area contributed by atoms with Crippen molar-refractivity contribution in [1.29, 1.82) is 0 Å². The van der Waals surface area contributed by atoms with Crippen LogP contribution < -0.4 is 5.73 Å². The predicted octanol–water partition coefficient (Wildman–Crippen LogP) is 0.709. The van der Waals surface area contributed by atoms with Crippen LogP contribution in [0, 0.1) is 0 Å². The molecular weight excluding hydrogens is 192 g/mol. The van der Waals surface area contributed by atoms with Crippen molar-refractivity contribution in [2.45, 2.75) is 26.3 Å². The predicted molar refractivity (Wildman–Crippen MR) is 63.1 cm³/mol. The summed E-state index contributed by atoms with van der Waals surface area (Å²) in [4.78, 5) is 2.32. The minimum atomic E-state index is 0.200. The second kappa shape index (κ2) is 10.4. The topological polar surface area (TPSA) is 47.7 Å². The third-order valence-electron chi connectivity index (χ3n) is 2.39. The molecule has 4 nitrogen and oxygen atoms in total. The number of ether oxygens (including phenoxy) is 2. The Labute approximate surface area is 93.7 Å². The van der Waals surface area contributed by atoms with Crippen molar-refractivity contribution in [1.82, 2.24) is 4.90 Å². The zero-order valence-electron chi connectivity index (χ0n) is 10.4. The zero-order chi connectivity index (χ0) is 11.5. The van der Waals surface area contributed by atoms with E-state index >= 15 is 0 Å². The maximum atomic E-state index is 5.98. The van der Waals surface area contributed by atoms with Gasteiger partial charge in [-0.25, -0.2) is 0 Å². The van der Waals surface area contributed by atoms with Gasteiger partial charge in [0.25, 0.3) is 0 Å². The monoisotopic (exact) mass is 218 g/mol. The third-order valence-corrected chi connectivity index (χ3v) is 2.39. The van der Waals surface area contributed by atoms with Crippen LogP contribution in [0.1, 0.15) is 20.3 Å². The molecule has 0 aliphatic heterocycles. The Morgan fingerprint density at radius 2 is 2.00 bits per heavy atom. The van der Waals surface area contributed by atoms with Crippen molar-refractivity contribution < 1.29 is 9.47 Å². The lowest BCUT2D eigenvalue weighted by Gasteiger charge is -2.23. The van der Waals surface area contributed by atoms with Crippen molar-refractivity contribution in [2.75, 3.05) is 46.6 Å². The van der Waals surface area contributed by atoms with Gasteiger partial charge in [-0.2, -0.15) is 0 Å². The Balaban J connectivity index is 3.57. The largest absolute Gasteiger partial charge is 0.385 e. The van der Waals surface area contributed by atoms with Gasteiger partial charge in [0, 0.05) is 39.5 Å². The average molecular weight is 218 g/mol. The summed E-state index contributed by atoms with van der Waals surface area (Å²) in [6.45, 7) is 9.39. The van der Waals surface area contributed by atoms with Gasteiger partial charge in [-0.3, -0.25) is 4.90 Å². The van der Waals surface area contributed by atoms with E-state index in [4.69, 9.17) is 15.2 Å². The van der Waals surface area contributed by atoms with Crippen LogP contribution >= 0.6 is 0 Å². The van der Waals surface area contributed by atoms with E-state index in [2.05, 4.69) is 11.8 Å². The highest BCUT2D eigenvalue weighted by Gasteiger charge is 2.08. The summed E-state index contributed by atoms with van der Waals surface area (Å²) >= 11 is 0. The van der Waals surface area contributed by atoms with Crippen LogP contribution in [0.4, 0.5) is 0 Å². The summed E-state index contributed by atoms with van der Waals surface area (Å²) in [6, 6.07) is 0.200. The normalized spacial score (nSPS) is 13.4. The Bertz CT molecular complexity index is 134. The van der Waals surface area contributed by atoms with Gasteiger partial charge in [-0.1, -0.05) is 6.92 Å². The van der Waals surface area contributed by atoms with E-state index < -0.39 is 0 Å². The molecule has 0 aromatic heterocycles. The van der Waals surface area contributed by atoms with Gasteiger partial charge in [0.05, 0.1) is 6.61 Å². The molecule has 0 aromatic carbocycles. The Hall–Kier alpha value is -0.160. The van der Waals surface area contributed by atoms with Gasteiger partial charge < -0.3 is 15.2 Å². The van der Waals surface area contributed by atoms with Crippen LogP contribution in [-0.4, -0.2) is 57.5 Å². The third kappa shape index (κ3) is 8.81. The van der Waals surface area contributed by atoms with Crippen molar-refractivity contribution in [2.24, 2.45) is 5.73 Å². The van der Waals surface area contributed by atoms with Gasteiger partial charge in [-0.15, -0.1) is 0 Å². The first-order valence-electron chi connectivity index (χ1n) is 5.79. The minimum absolute atomic E-state index is 0.200. The average Bonchev–Trinajstić information content (AvgIpc) is 2.25. The smallest absolute Gasteiger partial charge is 0.0593 e. The fraction of sp³-hybridized carbons (Fsp3) is 1.00. The minimum Gasteiger partial charge on any atom is -0.385 e. The molecule has 1 unspecified atom stereocenters. The number of nitrogens with two attached hydrogens (primary N) is 1. The quantitative estimate of drug-likeness (QED) is 0.549. The first kappa shape index (κ1) is 14.8. The van der Waals surface area contributed by atoms with E-state index in [9.17, 15) is 0 Å². The molecular formula is C11H26N2O2. The first-order valence-corrected chi connectivity index (χ1v) is 5.79. The molecule has 1 atom stereocenters. The standard InChI is InChI=1S/C11H26N2O2/c1-4-13(7-9-15-5-2)10-11(12)6-8-14-3/h11H,4-10,12H2,1-3H3. The summed E-state index contributed by atoms with van der Waals surface area (Å²) in [6.07, 6.45) is 0.918. The molecule has 4 heteroatoms. The molecule has 0 aliphatic carbocycles. The molecule has 2 N–H and O–H groups in total. The van der Waals surface area contributed by atoms with Crippen LogP contribution in [0.25, 0.3) is 0 Å². The highest BCUT2D eigenvalue weighted by molar-refractivity contribution is 4.67. The van der Waals surface area contributed by atoms with Crippen LogP contribution in [0.15, 0.2) is 0 Å². The fourth-order valence-corrected chi connectivity index (χ4v) is 1.41. The van der Waals surface area contributed by atoms with Crippen molar-refractivity contribution in [3.8, 4) is 0 Å². The number of hydrogen-bond acceptors (Lipinski definition) is 4. The first-order chi connectivity index (χ1) is 7.24. The van der Waals surface area contributed by atoms with E-state index in [-0.39, 0.29) is 6.04 Å². The van der Waals surface area contributed by atoms with Gasteiger partial charge in [-0.05, 0) is 19.9 Å². The lowest BCUT2D eigenvalue weighted by molar-refractivity contribution is 0.110. The zero-order valence-corrected chi connectivity index (χ0v) is 10.4. The summed E-state index contributed by atoms with van der Waals surface area (Å²) in [7, 11) is 1.71. The van der Waals surface area contributed by atoms with E-state index in [0.29, 0.717) is 0 Å². The summed E-state index contributed by atoms with van der Waals surface area (Å²) in [5.41, 5.74) is 5.98. The van der Waals surface area contributed by atoms with Crippen LogP contribution in [0.3, 0.4) is 0 Å². The molecule has 0 saturated carbocycles. The SMILES string of the molecule is CCOCCN(CC)CC(N)CCOC. The van der Waals surface area contributed by atoms with E-state index in [1.54, 1.807) is 7.11 Å². The molecule has 0 radical (unpaired) electrons. The molecule has 0 rings (SSSR count). The molecule has 15 heavy (non-hydrogen) atoms. The highest BCUT2D eigenvalue weighted by atomic mass is 16.5. The summed E-state index contributed by atoms with van der Waals surface area (Å²) in [5, 5.41) is 0. The number of nitrogens with zero attached hydrogens (tertiary/aromatic N) is 1. The maximum absolute atomic E-state index is 5.98. The van der Waals surface area contributed by atoms with Crippen LogP contribution in [0.5, 0.6) is 0 Å². The van der Waals surface area contributed by atoms with Gasteiger partial charge >= 0.3 is 0 Å². The van der Waals surface area contributed by atoms with Crippen molar-refractivity contribution in [3.63, 3.8) is 0 Å². The van der Waals surface area contributed by atoms with Crippen molar-refractivity contribution in [3.05, 3.63) is 0 Å². The molecule has 92 valence electrons. The van der Waals surface area contributed by atoms with E-state index in [0.717, 1.165) is 45.9 Å². The number of rotatable bonds is 10. The molecule has 0 amide bonds. The van der Waals surface area contributed by atoms with Crippen LogP contribution in [-0.2, 0) is 9.47 Å². The van der Waals surface area contributed by atoms with Gasteiger partial charge in [0.1, 0.15) is 0 Å². The van der Waals surface area contributed by atoms with Crippen molar-refractivity contribution >= 4 is 0 Å². The van der Waals surface area contributed by atoms with Crippen LogP contribution in [0.2, 0.25) is 0 Å². The Kier molecular flexibility index (Phi) is 10.3. The number of likely N-dealkylation sites (N-methyl/N-ethyl adjacent to an activating group) is 1. The Morgan fingerprint density at radius 1 is 1.27 bits per heavy atom. The molecule has 0 fully saturated rings. The molecule has 0 heterocycles. The maximum Gasteiger partial charge on any atom is 0.0593 e. The molecule has 0 bridgehead atoms. The summed E-state index contributed by atoms with van der Waals surface area (Å²) < 4.78 is 10.3. The van der Waals surface area contributed by atoms with Gasteiger partial charge in [0.15, 0.2) is 0 Å². The lowest BCUT2D eigenvalue weighted by Crippen LogP contribution is -2.39. The van der Waals surface area contributed by atoms with E-state index in [1.807, 2.05) is 6.92 Å². The molecule has 0 saturated heterocycles. The fourth-order valence-electron chi connectivity index (χ4n) is 1.41. The highest BCUT2D eigenvalue weighted by Crippen LogP contribution is 1.95. The second-order valence-electron chi connectivity index (χ2n) is 3.63. The molecule has 0 aromatic rings. The molecule has 0 aliphatic rings. The lowest BCUT2D eigenvalue weighted by atomic mass is 10.2. The number of hydrogen-bond donors (Lipinski definition) is 1.